The molecule has 5 nitrogen and oxygen atoms in total. The van der Waals surface area contributed by atoms with E-state index < -0.39 is 0 Å². The van der Waals surface area contributed by atoms with E-state index in [0.717, 1.165) is 24.7 Å². The molecular weight excluding hydrogens is 266 g/mol. The highest BCUT2D eigenvalue weighted by atomic mass is 16.5. The minimum absolute atomic E-state index is 0.0928. The Morgan fingerprint density at radius 2 is 2.19 bits per heavy atom. The summed E-state index contributed by atoms with van der Waals surface area (Å²) < 4.78 is 5.76. The van der Waals surface area contributed by atoms with Crippen molar-refractivity contribution in [2.24, 2.45) is 5.92 Å². The summed E-state index contributed by atoms with van der Waals surface area (Å²) in [6, 6.07) is 6.04. The zero-order valence-electron chi connectivity index (χ0n) is 12.1. The third-order valence-electron chi connectivity index (χ3n) is 4.73. The fourth-order valence-electron chi connectivity index (χ4n) is 3.43. The first-order valence-electron chi connectivity index (χ1n) is 7.83. The zero-order valence-corrected chi connectivity index (χ0v) is 12.1. The molecule has 2 unspecified atom stereocenters. The number of amides is 1. The Bertz CT molecular complexity index is 518. The number of hydrogen-bond acceptors (Lipinski definition) is 4. The lowest BCUT2D eigenvalue weighted by molar-refractivity contribution is -0.154. The lowest BCUT2D eigenvalue weighted by atomic mass is 10.1. The molecule has 1 aliphatic carbocycles. The van der Waals surface area contributed by atoms with E-state index in [-0.39, 0.29) is 24.7 Å². The van der Waals surface area contributed by atoms with Gasteiger partial charge in [-0.15, -0.1) is 0 Å². The van der Waals surface area contributed by atoms with E-state index >= 15 is 0 Å². The van der Waals surface area contributed by atoms with Crippen LogP contribution in [0.5, 0.6) is 0 Å². The maximum absolute atomic E-state index is 12.2. The predicted octanol–water partition coefficient (Wildman–Crippen LogP) is 0.903. The van der Waals surface area contributed by atoms with Gasteiger partial charge in [0.2, 0.25) is 5.91 Å². The van der Waals surface area contributed by atoms with Crippen molar-refractivity contribution in [2.75, 3.05) is 26.2 Å². The van der Waals surface area contributed by atoms with E-state index in [1.807, 2.05) is 23.1 Å². The Labute approximate surface area is 124 Å². The van der Waals surface area contributed by atoms with E-state index in [4.69, 9.17) is 4.74 Å². The van der Waals surface area contributed by atoms with Crippen LogP contribution in [0.4, 0.5) is 0 Å². The fourth-order valence-corrected chi connectivity index (χ4v) is 3.43. The highest BCUT2D eigenvalue weighted by molar-refractivity contribution is 5.78. The van der Waals surface area contributed by atoms with Crippen LogP contribution in [0.3, 0.4) is 0 Å². The zero-order chi connectivity index (χ0) is 14.2. The molecule has 112 valence electrons. The molecule has 1 amide bonds. The Kier molecular flexibility index (Phi) is 3.39. The molecule has 0 aromatic carbocycles. The molecular formula is C16H21N3O2. The average molecular weight is 287 g/mol. The van der Waals surface area contributed by atoms with Gasteiger partial charge in [0.25, 0.3) is 0 Å². The van der Waals surface area contributed by atoms with Crippen molar-refractivity contribution in [2.45, 2.75) is 31.5 Å². The van der Waals surface area contributed by atoms with Crippen LogP contribution in [0.15, 0.2) is 24.4 Å². The van der Waals surface area contributed by atoms with Crippen molar-refractivity contribution < 1.29 is 9.53 Å². The summed E-state index contributed by atoms with van der Waals surface area (Å²) in [7, 11) is 0. The monoisotopic (exact) mass is 287 g/mol. The molecule has 3 aliphatic rings. The number of ether oxygens (including phenoxy) is 1. The average Bonchev–Trinajstić information content (AvgIpc) is 3.21. The molecule has 4 rings (SSSR count). The minimum atomic E-state index is 0.0928. The van der Waals surface area contributed by atoms with Crippen LogP contribution in [-0.4, -0.2) is 59.1 Å². The van der Waals surface area contributed by atoms with Crippen molar-refractivity contribution in [1.29, 1.82) is 0 Å². The van der Waals surface area contributed by atoms with Gasteiger partial charge < -0.3 is 9.64 Å². The molecule has 2 saturated heterocycles. The first-order valence-corrected chi connectivity index (χ1v) is 7.83. The Morgan fingerprint density at radius 3 is 2.95 bits per heavy atom. The van der Waals surface area contributed by atoms with E-state index in [0.29, 0.717) is 6.54 Å². The van der Waals surface area contributed by atoms with Crippen molar-refractivity contribution in [3.8, 4) is 0 Å². The van der Waals surface area contributed by atoms with Crippen LogP contribution in [0.25, 0.3) is 0 Å². The number of morpholine rings is 1. The van der Waals surface area contributed by atoms with Crippen LogP contribution < -0.4 is 0 Å². The van der Waals surface area contributed by atoms with Gasteiger partial charge >= 0.3 is 0 Å². The van der Waals surface area contributed by atoms with Crippen LogP contribution in [0, 0.1) is 5.92 Å². The van der Waals surface area contributed by atoms with Crippen molar-refractivity contribution in [1.82, 2.24) is 14.8 Å². The molecule has 5 heteroatoms. The number of likely N-dealkylation sites (tertiary alicyclic amines) is 1. The molecule has 0 bridgehead atoms. The Hall–Kier alpha value is -1.46. The molecule has 3 fully saturated rings. The van der Waals surface area contributed by atoms with Crippen LogP contribution in [0.1, 0.15) is 18.5 Å². The quantitative estimate of drug-likeness (QED) is 0.825. The van der Waals surface area contributed by atoms with E-state index in [9.17, 15) is 4.79 Å². The summed E-state index contributed by atoms with van der Waals surface area (Å²) in [5.74, 6) is 0.972. The van der Waals surface area contributed by atoms with Crippen LogP contribution in [-0.2, 0) is 16.1 Å². The predicted molar refractivity (Wildman–Crippen MR) is 77.5 cm³/mol. The third kappa shape index (κ3) is 2.80. The molecule has 0 radical (unpaired) electrons. The summed E-state index contributed by atoms with van der Waals surface area (Å²) in [4.78, 5) is 21.0. The van der Waals surface area contributed by atoms with Gasteiger partial charge in [0.1, 0.15) is 6.61 Å². The lowest BCUT2D eigenvalue weighted by Gasteiger charge is -2.36. The standard InChI is InChI=1S/C16H21N3O2/c20-16-11-21-15-10-18(7-12-4-5-12)9-14(15)19(16)8-13-3-1-2-6-17-13/h1-3,6,12,14-15H,4-5,7-11H2. The lowest BCUT2D eigenvalue weighted by Crippen LogP contribution is -2.53. The minimum Gasteiger partial charge on any atom is -0.365 e. The summed E-state index contributed by atoms with van der Waals surface area (Å²) >= 11 is 0. The number of nitrogens with zero attached hydrogens (tertiary/aromatic N) is 3. The molecule has 3 heterocycles. The molecule has 1 saturated carbocycles. The number of pyridine rings is 1. The van der Waals surface area contributed by atoms with E-state index in [2.05, 4.69) is 9.88 Å². The molecule has 1 aromatic rings. The summed E-state index contributed by atoms with van der Waals surface area (Å²) in [5.41, 5.74) is 0.951. The van der Waals surface area contributed by atoms with Gasteiger partial charge in [-0.3, -0.25) is 14.7 Å². The highest BCUT2D eigenvalue weighted by Crippen LogP contribution is 2.32. The molecule has 2 atom stereocenters. The molecule has 21 heavy (non-hydrogen) atoms. The van der Waals surface area contributed by atoms with Crippen molar-refractivity contribution >= 4 is 5.91 Å². The van der Waals surface area contributed by atoms with Crippen molar-refractivity contribution in [3.63, 3.8) is 0 Å². The number of carbonyl (C=O) groups is 1. The number of rotatable bonds is 4. The second kappa shape index (κ2) is 5.39. The van der Waals surface area contributed by atoms with Gasteiger partial charge in [0.05, 0.1) is 24.4 Å². The maximum atomic E-state index is 12.2. The number of fused-ring (bicyclic) bond motifs is 1. The second-order valence-corrected chi connectivity index (χ2v) is 6.42. The summed E-state index contributed by atoms with van der Waals surface area (Å²) in [6.45, 7) is 3.89. The fraction of sp³-hybridized carbons (Fsp3) is 0.625. The number of aromatic nitrogens is 1. The SMILES string of the molecule is O=C1COC2CN(CC3CC3)CC2N1Cc1ccccn1. The largest absolute Gasteiger partial charge is 0.365 e. The summed E-state index contributed by atoms with van der Waals surface area (Å²) in [5, 5.41) is 0. The molecule has 1 aromatic heterocycles. The normalized spacial score (nSPS) is 29.7. The highest BCUT2D eigenvalue weighted by Gasteiger charge is 2.44. The van der Waals surface area contributed by atoms with Gasteiger partial charge in [0, 0.05) is 25.8 Å². The van der Waals surface area contributed by atoms with Gasteiger partial charge in [0.15, 0.2) is 0 Å². The number of hydrogen-bond donors (Lipinski definition) is 0. The van der Waals surface area contributed by atoms with Gasteiger partial charge in [-0.1, -0.05) is 6.07 Å². The van der Waals surface area contributed by atoms with Gasteiger partial charge in [-0.2, -0.15) is 0 Å². The molecule has 0 spiro atoms. The Balaban J connectivity index is 1.47. The topological polar surface area (TPSA) is 45.7 Å². The number of carbonyl (C=O) groups excluding carboxylic acids is 1. The molecule has 2 aliphatic heterocycles. The Morgan fingerprint density at radius 1 is 1.29 bits per heavy atom. The first-order chi connectivity index (χ1) is 10.3. The smallest absolute Gasteiger partial charge is 0.249 e. The van der Waals surface area contributed by atoms with E-state index in [1.54, 1.807) is 6.20 Å². The maximum Gasteiger partial charge on any atom is 0.249 e. The van der Waals surface area contributed by atoms with Gasteiger partial charge in [-0.05, 0) is 30.9 Å². The third-order valence-corrected chi connectivity index (χ3v) is 4.73. The van der Waals surface area contributed by atoms with Crippen LogP contribution >= 0.6 is 0 Å². The van der Waals surface area contributed by atoms with E-state index in [1.165, 1.54) is 19.4 Å². The van der Waals surface area contributed by atoms with Crippen molar-refractivity contribution in [3.05, 3.63) is 30.1 Å². The molecule has 0 N–H and O–H groups in total. The first kappa shape index (κ1) is 13.2. The summed E-state index contributed by atoms with van der Waals surface area (Å²) in [6.07, 6.45) is 4.68. The van der Waals surface area contributed by atoms with Gasteiger partial charge in [-0.25, -0.2) is 0 Å². The van der Waals surface area contributed by atoms with Crippen LogP contribution in [0.2, 0.25) is 0 Å². The second-order valence-electron chi connectivity index (χ2n) is 6.42.